The summed E-state index contributed by atoms with van der Waals surface area (Å²) in [6.07, 6.45) is 27.1. The third kappa shape index (κ3) is 17.5. The summed E-state index contributed by atoms with van der Waals surface area (Å²) in [6.45, 7) is 4.38. The smallest absolute Gasteiger partial charge is 0.0351 e. The molecule has 0 nitrogen and oxygen atoms in total. The van der Waals surface area contributed by atoms with Crippen LogP contribution in [0.15, 0.2) is 24.3 Å². The summed E-state index contributed by atoms with van der Waals surface area (Å²) in [5.74, 6) is 0. The average molecular weight is 264 g/mol. The summed E-state index contributed by atoms with van der Waals surface area (Å²) in [5.41, 5.74) is 0. The largest absolute Gasteiger partial charge is 0.0917 e. The SMILES string of the molecule is CC=CCCCCCCCCCC=CCCCCC. The minimum atomic E-state index is 1.28. The zero-order chi connectivity index (χ0) is 14.0. The first-order valence-corrected chi connectivity index (χ1v) is 8.68. The Morgan fingerprint density at radius 3 is 1.42 bits per heavy atom. The van der Waals surface area contributed by atoms with E-state index in [1.165, 1.54) is 83.5 Å². The Morgan fingerprint density at radius 1 is 0.526 bits per heavy atom. The number of hydrogen-bond donors (Lipinski definition) is 0. The molecule has 0 heteroatoms. The molecular formula is C19H36. The molecule has 112 valence electrons. The Bertz CT molecular complexity index is 200. The Labute approximate surface area is 122 Å². The average Bonchev–Trinajstić information content (AvgIpc) is 2.43. The molecule has 0 aliphatic carbocycles. The van der Waals surface area contributed by atoms with E-state index in [4.69, 9.17) is 0 Å². The molecule has 19 heavy (non-hydrogen) atoms. The third-order valence-corrected chi connectivity index (χ3v) is 3.62. The van der Waals surface area contributed by atoms with Crippen LogP contribution in [-0.4, -0.2) is 0 Å². The van der Waals surface area contributed by atoms with Gasteiger partial charge in [-0.25, -0.2) is 0 Å². The normalized spacial score (nSPS) is 11.9. The highest BCUT2D eigenvalue weighted by molar-refractivity contribution is 4.81. The highest BCUT2D eigenvalue weighted by Gasteiger charge is 1.90. The lowest BCUT2D eigenvalue weighted by atomic mass is 10.1. The van der Waals surface area contributed by atoms with Crippen molar-refractivity contribution in [2.24, 2.45) is 0 Å². The van der Waals surface area contributed by atoms with Crippen LogP contribution in [0.3, 0.4) is 0 Å². The summed E-state index contributed by atoms with van der Waals surface area (Å²) in [7, 11) is 0. The van der Waals surface area contributed by atoms with Crippen molar-refractivity contribution in [2.45, 2.75) is 97.3 Å². The van der Waals surface area contributed by atoms with Gasteiger partial charge in [-0.2, -0.15) is 0 Å². The lowest BCUT2D eigenvalue weighted by molar-refractivity contribution is 0.583. The minimum Gasteiger partial charge on any atom is -0.0917 e. The van der Waals surface area contributed by atoms with Crippen LogP contribution in [0.1, 0.15) is 97.3 Å². The molecule has 0 bridgehead atoms. The second-order valence-electron chi connectivity index (χ2n) is 5.59. The summed E-state index contributed by atoms with van der Waals surface area (Å²) in [5, 5.41) is 0. The van der Waals surface area contributed by atoms with Crippen molar-refractivity contribution in [3.8, 4) is 0 Å². The van der Waals surface area contributed by atoms with Crippen molar-refractivity contribution < 1.29 is 0 Å². The van der Waals surface area contributed by atoms with Gasteiger partial charge in [-0.1, -0.05) is 76.2 Å². The molecule has 0 unspecified atom stereocenters. The van der Waals surface area contributed by atoms with E-state index in [1.54, 1.807) is 0 Å². The highest BCUT2D eigenvalue weighted by Crippen LogP contribution is 2.10. The molecule has 0 aromatic rings. The maximum absolute atomic E-state index is 2.40. The van der Waals surface area contributed by atoms with E-state index < -0.39 is 0 Å². The highest BCUT2D eigenvalue weighted by atomic mass is 14.0. The van der Waals surface area contributed by atoms with Crippen molar-refractivity contribution in [3.05, 3.63) is 24.3 Å². The lowest BCUT2D eigenvalue weighted by Crippen LogP contribution is -1.80. The zero-order valence-corrected chi connectivity index (χ0v) is 13.5. The molecule has 0 N–H and O–H groups in total. The molecule has 0 spiro atoms. The molecule has 0 aliphatic heterocycles. The van der Waals surface area contributed by atoms with Crippen LogP contribution in [0.5, 0.6) is 0 Å². The van der Waals surface area contributed by atoms with E-state index in [2.05, 4.69) is 38.2 Å². The van der Waals surface area contributed by atoms with Gasteiger partial charge in [0.05, 0.1) is 0 Å². The van der Waals surface area contributed by atoms with E-state index in [1.807, 2.05) is 0 Å². The molecule has 0 fully saturated rings. The standard InChI is InChI=1S/C19H36/c1-3-5-7-9-11-13-15-17-19-18-16-14-12-10-8-6-4-2/h3,5,12,14H,4,6-11,13,15-19H2,1-2H3. The third-order valence-electron chi connectivity index (χ3n) is 3.62. The van der Waals surface area contributed by atoms with Crippen molar-refractivity contribution in [1.82, 2.24) is 0 Å². The monoisotopic (exact) mass is 264 g/mol. The summed E-state index contributed by atoms with van der Waals surface area (Å²) in [4.78, 5) is 0. The van der Waals surface area contributed by atoms with Crippen LogP contribution < -0.4 is 0 Å². The van der Waals surface area contributed by atoms with E-state index in [0.29, 0.717) is 0 Å². The quantitative estimate of drug-likeness (QED) is 0.230. The van der Waals surface area contributed by atoms with Crippen LogP contribution in [0.2, 0.25) is 0 Å². The van der Waals surface area contributed by atoms with Gasteiger partial charge in [-0.05, 0) is 45.4 Å². The van der Waals surface area contributed by atoms with Gasteiger partial charge in [0.2, 0.25) is 0 Å². The maximum atomic E-state index is 2.40. The topological polar surface area (TPSA) is 0 Å². The fraction of sp³-hybridized carbons (Fsp3) is 0.789. The van der Waals surface area contributed by atoms with Crippen molar-refractivity contribution in [2.75, 3.05) is 0 Å². The first-order valence-electron chi connectivity index (χ1n) is 8.68. The molecule has 0 amide bonds. The van der Waals surface area contributed by atoms with Crippen LogP contribution in [0.25, 0.3) is 0 Å². The second-order valence-corrected chi connectivity index (χ2v) is 5.59. The lowest BCUT2D eigenvalue weighted by Gasteiger charge is -2.00. The van der Waals surface area contributed by atoms with Gasteiger partial charge in [0.1, 0.15) is 0 Å². The molecular weight excluding hydrogens is 228 g/mol. The molecule has 0 aromatic carbocycles. The van der Waals surface area contributed by atoms with Crippen LogP contribution in [0, 0.1) is 0 Å². The van der Waals surface area contributed by atoms with Crippen molar-refractivity contribution in [1.29, 1.82) is 0 Å². The molecule has 0 saturated heterocycles. The van der Waals surface area contributed by atoms with Gasteiger partial charge in [-0.15, -0.1) is 0 Å². The number of allylic oxidation sites excluding steroid dienone is 4. The maximum Gasteiger partial charge on any atom is -0.0351 e. The van der Waals surface area contributed by atoms with Crippen LogP contribution in [0.4, 0.5) is 0 Å². The van der Waals surface area contributed by atoms with Crippen LogP contribution >= 0.6 is 0 Å². The van der Waals surface area contributed by atoms with Gasteiger partial charge >= 0.3 is 0 Å². The van der Waals surface area contributed by atoms with Crippen molar-refractivity contribution in [3.63, 3.8) is 0 Å². The molecule has 0 radical (unpaired) electrons. The molecule has 0 rings (SSSR count). The summed E-state index contributed by atoms with van der Waals surface area (Å²) < 4.78 is 0. The Hall–Kier alpha value is -0.520. The summed E-state index contributed by atoms with van der Waals surface area (Å²) >= 11 is 0. The molecule has 0 heterocycles. The predicted octanol–water partition coefficient (Wildman–Crippen LogP) is 7.21. The Kier molecular flexibility index (Phi) is 17.0. The predicted molar refractivity (Wildman–Crippen MR) is 89.6 cm³/mol. The van der Waals surface area contributed by atoms with Gasteiger partial charge < -0.3 is 0 Å². The minimum absolute atomic E-state index is 1.28. The summed E-state index contributed by atoms with van der Waals surface area (Å²) in [6, 6.07) is 0. The van der Waals surface area contributed by atoms with Gasteiger partial charge in [0.25, 0.3) is 0 Å². The van der Waals surface area contributed by atoms with E-state index >= 15 is 0 Å². The number of rotatable bonds is 14. The first kappa shape index (κ1) is 18.5. The number of unbranched alkanes of at least 4 members (excludes halogenated alkanes) is 11. The second kappa shape index (κ2) is 17.5. The van der Waals surface area contributed by atoms with E-state index in [-0.39, 0.29) is 0 Å². The Balaban J connectivity index is 3.02. The van der Waals surface area contributed by atoms with Gasteiger partial charge in [0, 0.05) is 0 Å². The molecule has 0 atom stereocenters. The number of hydrogen-bond acceptors (Lipinski definition) is 0. The van der Waals surface area contributed by atoms with E-state index in [9.17, 15) is 0 Å². The molecule has 0 aromatic heterocycles. The zero-order valence-electron chi connectivity index (χ0n) is 13.5. The molecule has 0 saturated carbocycles. The molecule has 0 aliphatic rings. The van der Waals surface area contributed by atoms with Crippen LogP contribution in [-0.2, 0) is 0 Å². The van der Waals surface area contributed by atoms with Crippen molar-refractivity contribution >= 4 is 0 Å². The van der Waals surface area contributed by atoms with Gasteiger partial charge in [-0.3, -0.25) is 0 Å². The Morgan fingerprint density at radius 2 is 0.947 bits per heavy atom. The van der Waals surface area contributed by atoms with E-state index in [0.717, 1.165) is 0 Å². The van der Waals surface area contributed by atoms with Gasteiger partial charge in [0.15, 0.2) is 0 Å². The fourth-order valence-electron chi connectivity index (χ4n) is 2.32. The fourth-order valence-corrected chi connectivity index (χ4v) is 2.32. The first-order chi connectivity index (χ1) is 9.41.